The summed E-state index contributed by atoms with van der Waals surface area (Å²) in [6.07, 6.45) is 3.52. The number of benzene rings is 2. The van der Waals surface area contributed by atoms with Crippen LogP contribution in [0.3, 0.4) is 0 Å². The van der Waals surface area contributed by atoms with E-state index in [4.69, 9.17) is 4.98 Å². The summed E-state index contributed by atoms with van der Waals surface area (Å²) in [5.74, 6) is 1.52. The molecule has 1 aliphatic heterocycles. The number of rotatable bonds is 5. The van der Waals surface area contributed by atoms with Crippen LogP contribution in [0.5, 0.6) is 0 Å². The first-order valence-corrected chi connectivity index (χ1v) is 10.5. The van der Waals surface area contributed by atoms with Gasteiger partial charge in [0, 0.05) is 49.7 Å². The Kier molecular flexibility index (Phi) is 6.26. The van der Waals surface area contributed by atoms with E-state index in [2.05, 4.69) is 34.3 Å². The van der Waals surface area contributed by atoms with Gasteiger partial charge < -0.3 is 15.1 Å². The summed E-state index contributed by atoms with van der Waals surface area (Å²) in [5.41, 5.74) is 4.11. The van der Waals surface area contributed by atoms with E-state index >= 15 is 0 Å². The molecule has 1 amide bonds. The molecular formula is C25H27N5O. The van der Waals surface area contributed by atoms with Gasteiger partial charge in [-0.25, -0.2) is 4.98 Å². The smallest absolute Gasteiger partial charge is 0.246 e. The van der Waals surface area contributed by atoms with Crippen LogP contribution in [-0.2, 0) is 4.79 Å². The molecule has 4 rings (SSSR count). The summed E-state index contributed by atoms with van der Waals surface area (Å²) in [6.45, 7) is 6.85. The first-order valence-electron chi connectivity index (χ1n) is 10.5. The van der Waals surface area contributed by atoms with E-state index in [0.717, 1.165) is 35.9 Å². The van der Waals surface area contributed by atoms with Gasteiger partial charge >= 0.3 is 0 Å². The van der Waals surface area contributed by atoms with Crippen LogP contribution in [-0.4, -0.2) is 47.0 Å². The number of nitrogens with zero attached hydrogens (tertiary/aromatic N) is 4. The van der Waals surface area contributed by atoms with Gasteiger partial charge in [0.15, 0.2) is 0 Å². The van der Waals surface area contributed by atoms with Gasteiger partial charge in [-0.3, -0.25) is 4.79 Å². The molecule has 0 radical (unpaired) electrons. The van der Waals surface area contributed by atoms with Crippen molar-refractivity contribution < 1.29 is 4.79 Å². The van der Waals surface area contributed by atoms with E-state index in [9.17, 15) is 4.79 Å². The number of carbonyl (C=O) groups excluding carboxylic acids is 1. The number of carbonyl (C=O) groups is 1. The average molecular weight is 414 g/mol. The number of hydrogen-bond donors (Lipinski definition) is 1. The maximum absolute atomic E-state index is 12.5. The van der Waals surface area contributed by atoms with E-state index in [-0.39, 0.29) is 5.91 Å². The summed E-state index contributed by atoms with van der Waals surface area (Å²) in [6, 6.07) is 20.0. The zero-order valence-electron chi connectivity index (χ0n) is 18.0. The molecule has 1 aliphatic rings. The number of anilines is 3. The SMILES string of the molecule is Cc1ccc(Nc2nc(C)cc(N3CCN(C(=O)/C=C/c4ccccc4)CC3)n2)cc1. The highest BCUT2D eigenvalue weighted by Gasteiger charge is 2.21. The third kappa shape index (κ3) is 5.48. The van der Waals surface area contributed by atoms with Crippen LogP contribution < -0.4 is 10.2 Å². The predicted octanol–water partition coefficient (Wildman–Crippen LogP) is 4.20. The third-order valence-electron chi connectivity index (χ3n) is 5.28. The monoisotopic (exact) mass is 413 g/mol. The second kappa shape index (κ2) is 9.43. The predicted molar refractivity (Wildman–Crippen MR) is 125 cm³/mol. The van der Waals surface area contributed by atoms with Gasteiger partial charge in [0.05, 0.1) is 0 Å². The molecule has 0 unspecified atom stereocenters. The van der Waals surface area contributed by atoms with E-state index < -0.39 is 0 Å². The van der Waals surface area contributed by atoms with Crippen molar-refractivity contribution in [1.82, 2.24) is 14.9 Å². The lowest BCUT2D eigenvalue weighted by Gasteiger charge is -2.35. The molecule has 31 heavy (non-hydrogen) atoms. The quantitative estimate of drug-likeness (QED) is 0.635. The van der Waals surface area contributed by atoms with Gasteiger partial charge in [-0.15, -0.1) is 0 Å². The van der Waals surface area contributed by atoms with Gasteiger partial charge in [-0.1, -0.05) is 48.0 Å². The fraction of sp³-hybridized carbons (Fsp3) is 0.240. The Balaban J connectivity index is 1.38. The van der Waals surface area contributed by atoms with E-state index in [0.29, 0.717) is 19.0 Å². The number of aryl methyl sites for hydroxylation is 2. The molecule has 0 aliphatic carbocycles. The van der Waals surface area contributed by atoms with E-state index in [1.807, 2.05) is 66.4 Å². The first kappa shape index (κ1) is 20.6. The third-order valence-corrected chi connectivity index (χ3v) is 5.28. The van der Waals surface area contributed by atoms with Crippen molar-refractivity contribution in [3.63, 3.8) is 0 Å². The number of piperazine rings is 1. The Bertz CT molecular complexity index is 1060. The number of nitrogens with one attached hydrogen (secondary N) is 1. The molecule has 0 bridgehead atoms. The molecule has 0 saturated carbocycles. The molecular weight excluding hydrogens is 386 g/mol. The highest BCUT2D eigenvalue weighted by molar-refractivity contribution is 5.92. The molecule has 1 fully saturated rings. The molecule has 6 nitrogen and oxygen atoms in total. The molecule has 1 aromatic heterocycles. The Morgan fingerprint density at radius 1 is 0.935 bits per heavy atom. The zero-order chi connectivity index (χ0) is 21.6. The fourth-order valence-corrected chi connectivity index (χ4v) is 3.53. The summed E-state index contributed by atoms with van der Waals surface area (Å²) < 4.78 is 0. The highest BCUT2D eigenvalue weighted by Crippen LogP contribution is 2.20. The molecule has 6 heteroatoms. The molecule has 2 aromatic carbocycles. The van der Waals surface area contributed by atoms with E-state index in [1.165, 1.54) is 5.56 Å². The maximum Gasteiger partial charge on any atom is 0.246 e. The van der Waals surface area contributed by atoms with Crippen molar-refractivity contribution in [3.8, 4) is 0 Å². The summed E-state index contributed by atoms with van der Waals surface area (Å²) in [4.78, 5) is 25.9. The summed E-state index contributed by atoms with van der Waals surface area (Å²) in [5, 5.41) is 3.29. The number of hydrogen-bond acceptors (Lipinski definition) is 5. The average Bonchev–Trinajstić information content (AvgIpc) is 2.79. The van der Waals surface area contributed by atoms with Crippen molar-refractivity contribution in [1.29, 1.82) is 0 Å². The molecule has 3 aromatic rings. The molecule has 1 N–H and O–H groups in total. The van der Waals surface area contributed by atoms with Crippen molar-refractivity contribution in [3.05, 3.63) is 83.6 Å². The largest absolute Gasteiger partial charge is 0.353 e. The number of aromatic nitrogens is 2. The minimum Gasteiger partial charge on any atom is -0.353 e. The van der Waals surface area contributed by atoms with Crippen LogP contribution in [0.4, 0.5) is 17.5 Å². The Labute approximate surface area is 183 Å². The highest BCUT2D eigenvalue weighted by atomic mass is 16.2. The van der Waals surface area contributed by atoms with Crippen LogP contribution in [0.2, 0.25) is 0 Å². The normalized spacial score (nSPS) is 14.1. The Morgan fingerprint density at radius 2 is 1.65 bits per heavy atom. The topological polar surface area (TPSA) is 61.4 Å². The molecule has 1 saturated heterocycles. The van der Waals surface area contributed by atoms with Crippen LogP contribution in [0.1, 0.15) is 16.8 Å². The zero-order valence-corrected chi connectivity index (χ0v) is 18.0. The fourth-order valence-electron chi connectivity index (χ4n) is 3.53. The number of amides is 1. The minimum atomic E-state index is 0.0455. The van der Waals surface area contributed by atoms with Crippen molar-refractivity contribution in [2.75, 3.05) is 36.4 Å². The second-order valence-corrected chi connectivity index (χ2v) is 7.74. The maximum atomic E-state index is 12.5. The Hall–Kier alpha value is -3.67. The summed E-state index contributed by atoms with van der Waals surface area (Å²) in [7, 11) is 0. The van der Waals surface area contributed by atoms with Crippen LogP contribution in [0, 0.1) is 13.8 Å². The van der Waals surface area contributed by atoms with Gasteiger partial charge in [-0.05, 0) is 37.6 Å². The lowest BCUT2D eigenvalue weighted by atomic mass is 10.2. The lowest BCUT2D eigenvalue weighted by Crippen LogP contribution is -2.48. The standard InChI is InChI=1S/C25H27N5O/c1-19-8-11-22(12-9-19)27-25-26-20(2)18-23(28-25)29-14-16-30(17-15-29)24(31)13-10-21-6-4-3-5-7-21/h3-13,18H,14-17H2,1-2H3,(H,26,27,28)/b13-10+. The van der Waals surface area contributed by atoms with Crippen molar-refractivity contribution >= 4 is 29.4 Å². The minimum absolute atomic E-state index is 0.0455. The van der Waals surface area contributed by atoms with Crippen LogP contribution in [0.15, 0.2) is 66.7 Å². The van der Waals surface area contributed by atoms with Gasteiger partial charge in [-0.2, -0.15) is 4.98 Å². The molecule has 0 atom stereocenters. The van der Waals surface area contributed by atoms with Gasteiger partial charge in [0.25, 0.3) is 0 Å². The molecule has 158 valence electrons. The lowest BCUT2D eigenvalue weighted by molar-refractivity contribution is -0.126. The first-order chi connectivity index (χ1) is 15.1. The van der Waals surface area contributed by atoms with E-state index in [1.54, 1.807) is 6.08 Å². The van der Waals surface area contributed by atoms with Crippen LogP contribution >= 0.6 is 0 Å². The summed E-state index contributed by atoms with van der Waals surface area (Å²) >= 11 is 0. The van der Waals surface area contributed by atoms with Gasteiger partial charge in [0.1, 0.15) is 5.82 Å². The van der Waals surface area contributed by atoms with Crippen molar-refractivity contribution in [2.45, 2.75) is 13.8 Å². The Morgan fingerprint density at radius 3 is 2.35 bits per heavy atom. The molecule has 2 heterocycles. The molecule has 0 spiro atoms. The van der Waals surface area contributed by atoms with Gasteiger partial charge in [0.2, 0.25) is 11.9 Å². The van der Waals surface area contributed by atoms with Crippen LogP contribution in [0.25, 0.3) is 6.08 Å². The second-order valence-electron chi connectivity index (χ2n) is 7.74. The van der Waals surface area contributed by atoms with Crippen molar-refractivity contribution in [2.24, 2.45) is 0 Å².